The van der Waals surface area contributed by atoms with E-state index in [1.807, 2.05) is 25.3 Å². The molecule has 0 aliphatic carbocycles. The first-order valence-corrected chi connectivity index (χ1v) is 7.65. The summed E-state index contributed by atoms with van der Waals surface area (Å²) in [5.41, 5.74) is 0.669. The van der Waals surface area contributed by atoms with Crippen LogP contribution in [0.4, 0.5) is 5.69 Å². The molecule has 2 rings (SSSR count). The van der Waals surface area contributed by atoms with E-state index in [9.17, 15) is 9.59 Å². The summed E-state index contributed by atoms with van der Waals surface area (Å²) in [7, 11) is 1.35. The Kier molecular flexibility index (Phi) is 4.77. The van der Waals surface area contributed by atoms with Gasteiger partial charge in [-0.15, -0.1) is 11.3 Å². The summed E-state index contributed by atoms with van der Waals surface area (Å²) in [6.07, 6.45) is 1.76. The van der Waals surface area contributed by atoms with Gasteiger partial charge in [-0.05, 0) is 24.3 Å². The van der Waals surface area contributed by atoms with Crippen LogP contribution < -0.4 is 10.2 Å². The molecular weight excluding hydrogens is 276 g/mol. The monoisotopic (exact) mass is 296 g/mol. The molecule has 1 aliphatic heterocycles. The van der Waals surface area contributed by atoms with Gasteiger partial charge in [0.25, 0.3) is 0 Å². The number of thiophene rings is 1. The molecule has 1 saturated heterocycles. The Morgan fingerprint density at radius 2 is 2.30 bits per heavy atom. The highest BCUT2D eigenvalue weighted by molar-refractivity contribution is 7.12. The zero-order valence-electron chi connectivity index (χ0n) is 12.0. The SMILES string of the molecule is COC(=O)c1sccc1N1CCCC(NC(C)C)C1=O. The Labute approximate surface area is 122 Å². The molecule has 1 aromatic rings. The van der Waals surface area contributed by atoms with Crippen molar-refractivity contribution in [1.29, 1.82) is 0 Å². The zero-order valence-corrected chi connectivity index (χ0v) is 12.8. The molecule has 0 saturated carbocycles. The Bertz CT molecular complexity index is 498. The Balaban J connectivity index is 2.22. The molecule has 0 aromatic carbocycles. The van der Waals surface area contributed by atoms with Crippen molar-refractivity contribution in [3.8, 4) is 0 Å². The van der Waals surface area contributed by atoms with E-state index < -0.39 is 0 Å². The number of anilines is 1. The molecule has 20 heavy (non-hydrogen) atoms. The number of carbonyl (C=O) groups is 2. The Hall–Kier alpha value is -1.40. The fourth-order valence-electron chi connectivity index (χ4n) is 2.43. The molecule has 1 amide bonds. The van der Waals surface area contributed by atoms with Gasteiger partial charge in [0.1, 0.15) is 4.88 Å². The molecule has 1 aromatic heterocycles. The third-order valence-electron chi connectivity index (χ3n) is 3.28. The maximum absolute atomic E-state index is 12.5. The number of ether oxygens (including phenoxy) is 1. The first-order valence-electron chi connectivity index (χ1n) is 6.77. The number of carbonyl (C=O) groups excluding carboxylic acids is 2. The lowest BCUT2D eigenvalue weighted by molar-refractivity contribution is -0.121. The van der Waals surface area contributed by atoms with Gasteiger partial charge in [-0.2, -0.15) is 0 Å². The van der Waals surface area contributed by atoms with Crippen LogP contribution in [0, 0.1) is 0 Å². The van der Waals surface area contributed by atoms with Crippen LogP contribution in [0.5, 0.6) is 0 Å². The molecule has 1 aliphatic rings. The molecule has 0 spiro atoms. The van der Waals surface area contributed by atoms with Gasteiger partial charge in [-0.25, -0.2) is 4.79 Å². The van der Waals surface area contributed by atoms with Crippen molar-refractivity contribution in [3.05, 3.63) is 16.3 Å². The van der Waals surface area contributed by atoms with Crippen molar-refractivity contribution in [2.75, 3.05) is 18.6 Å². The van der Waals surface area contributed by atoms with Crippen LogP contribution in [0.15, 0.2) is 11.4 Å². The fourth-order valence-corrected chi connectivity index (χ4v) is 3.24. The number of hydrogen-bond acceptors (Lipinski definition) is 5. The quantitative estimate of drug-likeness (QED) is 0.864. The molecule has 6 heteroatoms. The van der Waals surface area contributed by atoms with Crippen LogP contribution >= 0.6 is 11.3 Å². The van der Waals surface area contributed by atoms with Crippen molar-refractivity contribution < 1.29 is 14.3 Å². The number of rotatable bonds is 4. The normalized spacial score (nSPS) is 19.5. The molecular formula is C14H20N2O3S. The Morgan fingerprint density at radius 3 is 2.95 bits per heavy atom. The van der Waals surface area contributed by atoms with Gasteiger partial charge in [-0.3, -0.25) is 4.79 Å². The summed E-state index contributed by atoms with van der Waals surface area (Å²) in [4.78, 5) is 26.5. The number of esters is 1. The van der Waals surface area contributed by atoms with Gasteiger partial charge in [-0.1, -0.05) is 13.8 Å². The maximum Gasteiger partial charge on any atom is 0.350 e. The van der Waals surface area contributed by atoms with Crippen molar-refractivity contribution in [2.24, 2.45) is 0 Å². The van der Waals surface area contributed by atoms with Crippen molar-refractivity contribution in [2.45, 2.75) is 38.8 Å². The average Bonchev–Trinajstić information content (AvgIpc) is 2.89. The topological polar surface area (TPSA) is 58.6 Å². The predicted octanol–water partition coefficient (Wildman–Crippen LogP) is 2.03. The van der Waals surface area contributed by atoms with Crippen LogP contribution in [-0.4, -0.2) is 37.6 Å². The first-order chi connectivity index (χ1) is 9.54. The second-order valence-electron chi connectivity index (χ2n) is 5.13. The van der Waals surface area contributed by atoms with E-state index in [-0.39, 0.29) is 24.0 Å². The minimum atomic E-state index is -0.387. The molecule has 0 radical (unpaired) electrons. The first kappa shape index (κ1) is 15.0. The lowest BCUT2D eigenvalue weighted by Gasteiger charge is -2.33. The minimum absolute atomic E-state index is 0.0357. The largest absolute Gasteiger partial charge is 0.465 e. The zero-order chi connectivity index (χ0) is 14.7. The van der Waals surface area contributed by atoms with Crippen LogP contribution in [0.3, 0.4) is 0 Å². The number of nitrogens with one attached hydrogen (secondary N) is 1. The van der Waals surface area contributed by atoms with Crippen molar-refractivity contribution in [3.63, 3.8) is 0 Å². The fraction of sp³-hybridized carbons (Fsp3) is 0.571. The highest BCUT2D eigenvalue weighted by Crippen LogP contribution is 2.30. The number of amides is 1. The summed E-state index contributed by atoms with van der Waals surface area (Å²) >= 11 is 1.30. The molecule has 1 fully saturated rings. The lowest BCUT2D eigenvalue weighted by atomic mass is 10.0. The third kappa shape index (κ3) is 3.02. The van der Waals surface area contributed by atoms with Crippen LogP contribution in [0.25, 0.3) is 0 Å². The van der Waals surface area contributed by atoms with Crippen LogP contribution in [0.2, 0.25) is 0 Å². The van der Waals surface area contributed by atoms with Crippen molar-refractivity contribution in [1.82, 2.24) is 5.32 Å². The maximum atomic E-state index is 12.5. The van der Waals surface area contributed by atoms with Crippen LogP contribution in [-0.2, 0) is 9.53 Å². The number of nitrogens with zero attached hydrogens (tertiary/aromatic N) is 1. The summed E-state index contributed by atoms with van der Waals surface area (Å²) in [6.45, 7) is 4.70. The highest BCUT2D eigenvalue weighted by Gasteiger charge is 2.32. The van der Waals surface area contributed by atoms with E-state index in [0.717, 1.165) is 12.8 Å². The van der Waals surface area contributed by atoms with E-state index in [2.05, 4.69) is 5.32 Å². The average molecular weight is 296 g/mol. The molecule has 1 N–H and O–H groups in total. The van der Waals surface area contributed by atoms with Gasteiger partial charge in [0.05, 0.1) is 18.8 Å². The van der Waals surface area contributed by atoms with Gasteiger partial charge >= 0.3 is 5.97 Å². The standard InChI is InChI=1S/C14H20N2O3S/c1-9(2)15-10-5-4-7-16(13(10)17)11-6-8-20-12(11)14(18)19-3/h6,8-10,15H,4-5,7H2,1-3H3. The summed E-state index contributed by atoms with van der Waals surface area (Å²) in [6, 6.07) is 1.90. The smallest absolute Gasteiger partial charge is 0.350 e. The van der Waals surface area contributed by atoms with Crippen molar-refractivity contribution >= 4 is 28.9 Å². The number of piperidine rings is 1. The van der Waals surface area contributed by atoms with Gasteiger partial charge in [0.15, 0.2) is 0 Å². The van der Waals surface area contributed by atoms with E-state index in [4.69, 9.17) is 4.74 Å². The number of hydrogen-bond donors (Lipinski definition) is 1. The second kappa shape index (κ2) is 6.37. The summed E-state index contributed by atoms with van der Waals surface area (Å²) in [5, 5.41) is 5.10. The highest BCUT2D eigenvalue weighted by atomic mass is 32.1. The van der Waals surface area contributed by atoms with E-state index in [1.165, 1.54) is 18.4 Å². The summed E-state index contributed by atoms with van der Waals surface area (Å²) < 4.78 is 4.77. The molecule has 1 unspecified atom stereocenters. The van der Waals surface area contributed by atoms with Gasteiger partial charge < -0.3 is 15.0 Å². The molecule has 1 atom stereocenters. The minimum Gasteiger partial charge on any atom is -0.465 e. The van der Waals surface area contributed by atoms with E-state index >= 15 is 0 Å². The van der Waals surface area contributed by atoms with Gasteiger partial charge in [0, 0.05) is 12.6 Å². The molecule has 110 valence electrons. The number of methoxy groups -OCH3 is 1. The second-order valence-corrected chi connectivity index (χ2v) is 6.05. The van der Waals surface area contributed by atoms with Crippen LogP contribution in [0.1, 0.15) is 36.4 Å². The predicted molar refractivity (Wildman–Crippen MR) is 79.3 cm³/mol. The molecule has 0 bridgehead atoms. The third-order valence-corrected chi connectivity index (χ3v) is 4.16. The lowest BCUT2D eigenvalue weighted by Crippen LogP contribution is -2.52. The van der Waals surface area contributed by atoms with Gasteiger partial charge in [0.2, 0.25) is 5.91 Å². The summed E-state index contributed by atoms with van der Waals surface area (Å²) in [5.74, 6) is -0.352. The molecule has 2 heterocycles. The Morgan fingerprint density at radius 1 is 1.55 bits per heavy atom. The van der Waals surface area contributed by atoms with E-state index in [0.29, 0.717) is 17.1 Å². The van der Waals surface area contributed by atoms with E-state index in [1.54, 1.807) is 4.90 Å². The molecule has 5 nitrogen and oxygen atoms in total.